The monoisotopic (exact) mass is 338 g/mol. The highest BCUT2D eigenvalue weighted by atomic mass is 32.2. The molecule has 0 saturated carbocycles. The van der Waals surface area contributed by atoms with Crippen molar-refractivity contribution >= 4 is 16.1 Å². The minimum Gasteiger partial charge on any atom is -0.481 e. The quantitative estimate of drug-likeness (QED) is 0.674. The molecule has 122 valence electrons. The van der Waals surface area contributed by atoms with E-state index in [1.807, 2.05) is 0 Å². The van der Waals surface area contributed by atoms with Crippen molar-refractivity contribution in [1.82, 2.24) is 0 Å². The van der Waals surface area contributed by atoms with Crippen molar-refractivity contribution in [2.75, 3.05) is 0 Å². The van der Waals surface area contributed by atoms with Crippen LogP contribution in [0.5, 0.6) is 5.75 Å². The molecule has 0 saturated heterocycles. The molecule has 9 heteroatoms. The van der Waals surface area contributed by atoms with E-state index in [2.05, 4.69) is 4.18 Å². The van der Waals surface area contributed by atoms with Crippen LogP contribution in [-0.4, -0.2) is 25.0 Å². The first-order valence-electron chi connectivity index (χ1n) is 6.38. The van der Waals surface area contributed by atoms with Crippen LogP contribution >= 0.6 is 0 Å². The summed E-state index contributed by atoms with van der Waals surface area (Å²) in [5.41, 5.74) is -3.83. The molecule has 1 N–H and O–H groups in total. The van der Waals surface area contributed by atoms with E-state index in [1.54, 1.807) is 0 Å². The molecule has 2 rings (SSSR count). The molecular weight excluding hydrogens is 325 g/mol. The van der Waals surface area contributed by atoms with Gasteiger partial charge in [-0.1, -0.05) is 6.07 Å². The molecule has 1 aliphatic rings. The second kappa shape index (κ2) is 5.45. The lowest BCUT2D eigenvalue weighted by Gasteiger charge is -2.15. The zero-order valence-corrected chi connectivity index (χ0v) is 12.3. The molecule has 1 aromatic carbocycles. The number of halogens is 3. The molecule has 0 fully saturated rings. The Morgan fingerprint density at radius 1 is 1.41 bits per heavy atom. The van der Waals surface area contributed by atoms with Gasteiger partial charge in [0.2, 0.25) is 0 Å². The second-order valence-electron chi connectivity index (χ2n) is 5.07. The summed E-state index contributed by atoms with van der Waals surface area (Å²) < 4.78 is 63.3. The number of aliphatic carboxylic acids is 1. The van der Waals surface area contributed by atoms with E-state index in [0.717, 1.165) is 11.6 Å². The summed E-state index contributed by atoms with van der Waals surface area (Å²) in [7, 11) is -5.72. The average molecular weight is 338 g/mol. The fourth-order valence-electron chi connectivity index (χ4n) is 2.62. The number of carboxylic acid groups (broad SMARTS) is 1. The van der Waals surface area contributed by atoms with Crippen LogP contribution in [0.2, 0.25) is 0 Å². The predicted molar refractivity (Wildman–Crippen MR) is 70.1 cm³/mol. The first kappa shape index (κ1) is 16.6. The number of alkyl halides is 3. The maximum atomic E-state index is 12.4. The van der Waals surface area contributed by atoms with Gasteiger partial charge in [0.05, 0.1) is 6.42 Å². The van der Waals surface area contributed by atoms with E-state index in [0.29, 0.717) is 24.0 Å². The van der Waals surface area contributed by atoms with Crippen LogP contribution in [0.15, 0.2) is 12.1 Å². The van der Waals surface area contributed by atoms with Crippen LogP contribution in [0.25, 0.3) is 0 Å². The first-order chi connectivity index (χ1) is 10.0. The summed E-state index contributed by atoms with van der Waals surface area (Å²) in [4.78, 5) is 10.8. The van der Waals surface area contributed by atoms with Crippen molar-refractivity contribution in [1.29, 1.82) is 0 Å². The Balaban J connectivity index is 2.34. The third-order valence-corrected chi connectivity index (χ3v) is 4.64. The number of hydrogen-bond donors (Lipinski definition) is 1. The van der Waals surface area contributed by atoms with Gasteiger partial charge >= 0.3 is 21.6 Å². The summed E-state index contributed by atoms with van der Waals surface area (Å²) in [5.74, 6) is -1.57. The molecule has 1 aromatic rings. The van der Waals surface area contributed by atoms with Crippen LogP contribution < -0.4 is 4.18 Å². The zero-order valence-electron chi connectivity index (χ0n) is 11.5. The molecule has 0 spiro atoms. The summed E-state index contributed by atoms with van der Waals surface area (Å²) in [6.07, 6.45) is 0.952. The lowest BCUT2D eigenvalue weighted by atomic mass is 9.96. The van der Waals surface area contributed by atoms with Gasteiger partial charge in [0.15, 0.2) is 0 Å². The van der Waals surface area contributed by atoms with Gasteiger partial charge in [-0.2, -0.15) is 21.6 Å². The second-order valence-corrected chi connectivity index (χ2v) is 6.61. The highest BCUT2D eigenvalue weighted by Crippen LogP contribution is 2.41. The van der Waals surface area contributed by atoms with Crippen molar-refractivity contribution in [3.63, 3.8) is 0 Å². The normalized spacial score (nSPS) is 18.1. The largest absolute Gasteiger partial charge is 0.534 e. The van der Waals surface area contributed by atoms with Gasteiger partial charge in [-0.15, -0.1) is 0 Å². The third-order valence-electron chi connectivity index (χ3n) is 3.67. The maximum Gasteiger partial charge on any atom is 0.534 e. The maximum absolute atomic E-state index is 12.4. The summed E-state index contributed by atoms with van der Waals surface area (Å²) in [5, 5.41) is 8.84. The minimum absolute atomic E-state index is 0.0759. The topological polar surface area (TPSA) is 80.7 Å². The van der Waals surface area contributed by atoms with E-state index in [9.17, 15) is 26.4 Å². The van der Waals surface area contributed by atoms with Gasteiger partial charge in [0.1, 0.15) is 5.75 Å². The lowest BCUT2D eigenvalue weighted by molar-refractivity contribution is -0.137. The molecular formula is C13H13F3O5S. The SMILES string of the molecule is Cc1c(OS(=O)(=O)C(F)(F)F)ccc2c1CCC2CC(=O)O. The Morgan fingerprint density at radius 3 is 2.59 bits per heavy atom. The first-order valence-corrected chi connectivity index (χ1v) is 7.78. The van der Waals surface area contributed by atoms with Crippen LogP contribution in [0.3, 0.4) is 0 Å². The van der Waals surface area contributed by atoms with Crippen molar-refractivity contribution in [2.24, 2.45) is 0 Å². The lowest BCUT2D eigenvalue weighted by Crippen LogP contribution is -2.28. The number of fused-ring (bicyclic) bond motifs is 1. The van der Waals surface area contributed by atoms with Crippen molar-refractivity contribution in [3.05, 3.63) is 28.8 Å². The van der Waals surface area contributed by atoms with Gasteiger partial charge < -0.3 is 9.29 Å². The Morgan fingerprint density at radius 2 is 2.05 bits per heavy atom. The Hall–Kier alpha value is -1.77. The molecule has 0 amide bonds. The number of hydrogen-bond acceptors (Lipinski definition) is 4. The highest BCUT2D eigenvalue weighted by molar-refractivity contribution is 7.88. The molecule has 0 radical (unpaired) electrons. The van der Waals surface area contributed by atoms with E-state index < -0.39 is 21.6 Å². The highest BCUT2D eigenvalue weighted by Gasteiger charge is 2.48. The van der Waals surface area contributed by atoms with E-state index in [-0.39, 0.29) is 18.1 Å². The van der Waals surface area contributed by atoms with Crippen LogP contribution in [0.4, 0.5) is 13.2 Å². The summed E-state index contributed by atoms with van der Waals surface area (Å²) >= 11 is 0. The van der Waals surface area contributed by atoms with Crippen LogP contribution in [0.1, 0.15) is 35.4 Å². The van der Waals surface area contributed by atoms with Crippen LogP contribution in [-0.2, 0) is 21.3 Å². The molecule has 5 nitrogen and oxygen atoms in total. The Labute approximate surface area is 124 Å². The van der Waals surface area contributed by atoms with Crippen molar-refractivity contribution in [2.45, 2.75) is 37.6 Å². The number of carbonyl (C=O) groups is 1. The molecule has 0 aliphatic heterocycles. The van der Waals surface area contributed by atoms with Crippen molar-refractivity contribution < 1.29 is 35.7 Å². The van der Waals surface area contributed by atoms with E-state index in [4.69, 9.17) is 5.11 Å². The van der Waals surface area contributed by atoms with Gasteiger partial charge in [0, 0.05) is 0 Å². The smallest absolute Gasteiger partial charge is 0.481 e. The van der Waals surface area contributed by atoms with E-state index in [1.165, 1.54) is 13.0 Å². The third kappa shape index (κ3) is 3.03. The molecule has 1 unspecified atom stereocenters. The summed E-state index contributed by atoms with van der Waals surface area (Å²) in [6.45, 7) is 1.46. The summed E-state index contributed by atoms with van der Waals surface area (Å²) in [6, 6.07) is 2.57. The Kier molecular flexibility index (Phi) is 4.12. The fraction of sp³-hybridized carbons (Fsp3) is 0.462. The van der Waals surface area contributed by atoms with Crippen molar-refractivity contribution in [3.8, 4) is 5.75 Å². The van der Waals surface area contributed by atoms with Gasteiger partial charge in [0.25, 0.3) is 0 Å². The van der Waals surface area contributed by atoms with Gasteiger partial charge in [-0.3, -0.25) is 4.79 Å². The van der Waals surface area contributed by atoms with E-state index >= 15 is 0 Å². The number of benzene rings is 1. The average Bonchev–Trinajstić information content (AvgIpc) is 2.74. The fourth-order valence-corrected chi connectivity index (χ4v) is 3.13. The van der Waals surface area contributed by atoms with Crippen LogP contribution in [0, 0.1) is 6.92 Å². The number of rotatable bonds is 4. The minimum atomic E-state index is -5.72. The molecule has 1 atom stereocenters. The Bertz CT molecular complexity index is 709. The zero-order chi connectivity index (χ0) is 16.7. The molecule has 0 aromatic heterocycles. The standard InChI is InChI=1S/C13H13F3O5S/c1-7-9-3-2-8(6-12(17)18)10(9)4-5-11(7)21-22(19,20)13(14,15)16/h4-5,8H,2-3,6H2,1H3,(H,17,18). The molecule has 0 bridgehead atoms. The molecule has 0 heterocycles. The van der Waals surface area contributed by atoms with Gasteiger partial charge in [-0.05, 0) is 48.4 Å². The van der Waals surface area contributed by atoms with Gasteiger partial charge in [-0.25, -0.2) is 0 Å². The number of carboxylic acids is 1. The molecule has 22 heavy (non-hydrogen) atoms. The molecule has 1 aliphatic carbocycles. The predicted octanol–water partition coefficient (Wildman–Crippen LogP) is 2.73.